The molecule has 0 bridgehead atoms. The summed E-state index contributed by atoms with van der Waals surface area (Å²) in [6, 6.07) is 1.83. The number of hydrogen-bond acceptors (Lipinski definition) is 3. The van der Waals surface area contributed by atoms with Crippen LogP contribution in [0, 0.1) is 0 Å². The number of nitrogens with one attached hydrogen (secondary N) is 1. The van der Waals surface area contributed by atoms with Crippen LogP contribution in [0.2, 0.25) is 0 Å². The molecule has 0 atom stereocenters. The molecule has 1 aromatic rings. The maximum absolute atomic E-state index is 12.0. The van der Waals surface area contributed by atoms with E-state index >= 15 is 0 Å². The lowest BCUT2D eigenvalue weighted by molar-refractivity contribution is 0.0892. The summed E-state index contributed by atoms with van der Waals surface area (Å²) in [6.07, 6.45) is 1.91. The van der Waals surface area contributed by atoms with Crippen LogP contribution in [0.5, 0.6) is 0 Å². The molecule has 1 amide bonds. The van der Waals surface area contributed by atoms with Gasteiger partial charge in [0.25, 0.3) is 5.91 Å². The Hall–Kier alpha value is -0.850. The van der Waals surface area contributed by atoms with Crippen LogP contribution < -0.4 is 5.32 Å². The van der Waals surface area contributed by atoms with Gasteiger partial charge in [0.05, 0.1) is 13.2 Å². The summed E-state index contributed by atoms with van der Waals surface area (Å²) in [7, 11) is 4.00. The van der Waals surface area contributed by atoms with Crippen molar-refractivity contribution < 1.29 is 9.53 Å². The van der Waals surface area contributed by atoms with Crippen LogP contribution in [0.15, 0.2) is 16.7 Å². The summed E-state index contributed by atoms with van der Waals surface area (Å²) < 4.78 is 8.25. The van der Waals surface area contributed by atoms with Crippen LogP contribution in [0.4, 0.5) is 0 Å². The first-order valence-corrected chi connectivity index (χ1v) is 7.20. The molecule has 0 saturated heterocycles. The second kappa shape index (κ2) is 8.35. The molecule has 0 fully saturated rings. The molecule has 0 aromatic carbocycles. The Labute approximate surface area is 123 Å². The minimum atomic E-state index is -0.0660. The zero-order valence-corrected chi connectivity index (χ0v) is 13.4. The van der Waals surface area contributed by atoms with Crippen molar-refractivity contribution in [2.45, 2.75) is 13.5 Å². The van der Waals surface area contributed by atoms with Crippen molar-refractivity contribution in [1.82, 2.24) is 14.8 Å². The number of likely N-dealkylation sites (N-methyl/N-ethyl adjacent to an activating group) is 1. The average Bonchev–Trinajstić information content (AvgIpc) is 2.74. The molecule has 5 nitrogen and oxygen atoms in total. The van der Waals surface area contributed by atoms with Crippen molar-refractivity contribution in [3.63, 3.8) is 0 Å². The first-order valence-electron chi connectivity index (χ1n) is 6.41. The van der Waals surface area contributed by atoms with Gasteiger partial charge in [0.1, 0.15) is 5.69 Å². The number of amides is 1. The normalized spacial score (nSPS) is 11.0. The fourth-order valence-electron chi connectivity index (χ4n) is 1.60. The smallest absolute Gasteiger partial charge is 0.268 e. The van der Waals surface area contributed by atoms with Gasteiger partial charge in [0.15, 0.2) is 0 Å². The number of hydrogen-bond donors (Lipinski definition) is 1. The summed E-state index contributed by atoms with van der Waals surface area (Å²) in [5.41, 5.74) is 0.669. The van der Waals surface area contributed by atoms with E-state index in [1.165, 1.54) is 0 Å². The molecule has 1 rings (SSSR count). The third-order valence-corrected chi connectivity index (χ3v) is 3.08. The van der Waals surface area contributed by atoms with Gasteiger partial charge in [-0.25, -0.2) is 0 Å². The predicted molar refractivity (Wildman–Crippen MR) is 79.5 cm³/mol. The molecule has 0 saturated carbocycles. The second-order valence-electron chi connectivity index (χ2n) is 4.50. The van der Waals surface area contributed by atoms with Crippen LogP contribution in [0.3, 0.4) is 0 Å². The van der Waals surface area contributed by atoms with Gasteiger partial charge in [0, 0.05) is 30.3 Å². The molecule has 1 aromatic heterocycles. The number of carbonyl (C=O) groups excluding carboxylic acids is 1. The SMILES string of the molecule is CCn1cc(Br)cc1C(=O)NCCOCCN(C)C. The third-order valence-electron chi connectivity index (χ3n) is 2.65. The fourth-order valence-corrected chi connectivity index (χ4v) is 2.07. The highest BCUT2D eigenvalue weighted by Crippen LogP contribution is 2.14. The molecule has 1 N–H and O–H groups in total. The van der Waals surface area contributed by atoms with E-state index in [1.54, 1.807) is 0 Å². The van der Waals surface area contributed by atoms with Gasteiger partial charge in [-0.05, 0) is 43.0 Å². The molecular formula is C13H22BrN3O2. The lowest BCUT2D eigenvalue weighted by Gasteiger charge is -2.10. The Morgan fingerprint density at radius 1 is 1.47 bits per heavy atom. The zero-order chi connectivity index (χ0) is 14.3. The van der Waals surface area contributed by atoms with E-state index in [0.29, 0.717) is 25.5 Å². The van der Waals surface area contributed by atoms with Crippen molar-refractivity contribution in [3.8, 4) is 0 Å². The van der Waals surface area contributed by atoms with Crippen molar-refractivity contribution in [3.05, 3.63) is 22.4 Å². The number of ether oxygens (including phenoxy) is 1. The Kier molecular flexibility index (Phi) is 7.12. The van der Waals surface area contributed by atoms with Crippen molar-refractivity contribution >= 4 is 21.8 Å². The van der Waals surface area contributed by atoms with E-state index in [0.717, 1.165) is 17.6 Å². The lowest BCUT2D eigenvalue weighted by Crippen LogP contribution is -2.29. The monoisotopic (exact) mass is 331 g/mol. The number of halogens is 1. The average molecular weight is 332 g/mol. The topological polar surface area (TPSA) is 46.5 Å². The summed E-state index contributed by atoms with van der Waals surface area (Å²) in [4.78, 5) is 14.0. The first-order chi connectivity index (χ1) is 9.04. The van der Waals surface area contributed by atoms with E-state index in [2.05, 4.69) is 26.1 Å². The molecule has 108 valence electrons. The third kappa shape index (κ3) is 5.76. The van der Waals surface area contributed by atoms with Crippen molar-refractivity contribution in [2.75, 3.05) is 40.4 Å². The summed E-state index contributed by atoms with van der Waals surface area (Å²) in [6.45, 7) is 5.41. The minimum Gasteiger partial charge on any atom is -0.378 e. The highest BCUT2D eigenvalue weighted by molar-refractivity contribution is 9.10. The highest BCUT2D eigenvalue weighted by atomic mass is 79.9. The molecule has 19 heavy (non-hydrogen) atoms. The Balaban J connectivity index is 2.27. The molecule has 1 heterocycles. The van der Waals surface area contributed by atoms with Crippen LogP contribution in [0.25, 0.3) is 0 Å². The summed E-state index contributed by atoms with van der Waals surface area (Å²) >= 11 is 3.38. The maximum Gasteiger partial charge on any atom is 0.268 e. The van der Waals surface area contributed by atoms with E-state index in [4.69, 9.17) is 4.74 Å². The van der Waals surface area contributed by atoms with E-state index in [-0.39, 0.29) is 5.91 Å². The quantitative estimate of drug-likeness (QED) is 0.735. The Morgan fingerprint density at radius 2 is 2.21 bits per heavy atom. The van der Waals surface area contributed by atoms with Gasteiger partial charge in [-0.15, -0.1) is 0 Å². The molecule has 6 heteroatoms. The van der Waals surface area contributed by atoms with Gasteiger partial charge in [-0.1, -0.05) is 0 Å². The molecule has 0 radical (unpaired) electrons. The van der Waals surface area contributed by atoms with Crippen LogP contribution in [-0.2, 0) is 11.3 Å². The van der Waals surface area contributed by atoms with Crippen LogP contribution in [-0.4, -0.2) is 55.8 Å². The van der Waals surface area contributed by atoms with Crippen molar-refractivity contribution in [1.29, 1.82) is 0 Å². The van der Waals surface area contributed by atoms with E-state index < -0.39 is 0 Å². The predicted octanol–water partition coefficient (Wildman–Crippen LogP) is 1.58. The van der Waals surface area contributed by atoms with E-state index in [1.807, 2.05) is 37.8 Å². The second-order valence-corrected chi connectivity index (χ2v) is 5.42. The number of nitrogens with zero attached hydrogens (tertiary/aromatic N) is 2. The zero-order valence-electron chi connectivity index (χ0n) is 11.8. The van der Waals surface area contributed by atoms with Gasteiger partial charge in [0.2, 0.25) is 0 Å². The summed E-state index contributed by atoms with van der Waals surface area (Å²) in [5, 5.41) is 2.86. The van der Waals surface area contributed by atoms with Gasteiger partial charge in [-0.3, -0.25) is 4.79 Å². The maximum atomic E-state index is 12.0. The minimum absolute atomic E-state index is 0.0660. The molecule has 0 spiro atoms. The Bertz CT molecular complexity index is 405. The van der Waals surface area contributed by atoms with Gasteiger partial charge >= 0.3 is 0 Å². The van der Waals surface area contributed by atoms with E-state index in [9.17, 15) is 4.79 Å². The van der Waals surface area contributed by atoms with Gasteiger partial charge < -0.3 is 19.5 Å². The van der Waals surface area contributed by atoms with Crippen LogP contribution >= 0.6 is 15.9 Å². The van der Waals surface area contributed by atoms with Crippen LogP contribution in [0.1, 0.15) is 17.4 Å². The fraction of sp³-hybridized carbons (Fsp3) is 0.615. The number of rotatable bonds is 8. The van der Waals surface area contributed by atoms with Crippen molar-refractivity contribution in [2.24, 2.45) is 0 Å². The number of carbonyl (C=O) groups is 1. The Morgan fingerprint density at radius 3 is 2.84 bits per heavy atom. The molecule has 0 aliphatic rings. The summed E-state index contributed by atoms with van der Waals surface area (Å²) in [5.74, 6) is -0.0660. The first kappa shape index (κ1) is 16.2. The lowest BCUT2D eigenvalue weighted by atomic mass is 10.4. The molecular weight excluding hydrogens is 310 g/mol. The largest absolute Gasteiger partial charge is 0.378 e. The molecule has 0 unspecified atom stereocenters. The standard InChI is InChI=1S/C13H22BrN3O2/c1-4-17-10-11(14)9-12(17)13(18)15-5-7-19-8-6-16(2)3/h9-10H,4-8H2,1-3H3,(H,15,18). The van der Waals surface area contributed by atoms with Gasteiger partial charge in [-0.2, -0.15) is 0 Å². The number of aromatic nitrogens is 1. The molecule has 0 aliphatic carbocycles. The highest BCUT2D eigenvalue weighted by Gasteiger charge is 2.11. The molecule has 0 aliphatic heterocycles. The number of aryl methyl sites for hydroxylation is 1.